The van der Waals surface area contributed by atoms with Crippen molar-refractivity contribution in [1.82, 2.24) is 4.90 Å². The molecule has 1 spiro atoms. The Bertz CT molecular complexity index is 553. The highest BCUT2D eigenvalue weighted by Crippen LogP contribution is 2.46. The Hall–Kier alpha value is -2.08. The number of amides is 1. The molecule has 1 unspecified atom stereocenters. The number of nitrogens with zero attached hydrogens (tertiary/aromatic N) is 1. The van der Waals surface area contributed by atoms with Gasteiger partial charge in [-0.15, -0.1) is 0 Å². The lowest BCUT2D eigenvalue weighted by atomic mass is 9.66. The Labute approximate surface area is 128 Å². The second-order valence-corrected chi connectivity index (χ2v) is 5.88. The van der Waals surface area contributed by atoms with E-state index >= 15 is 0 Å². The van der Waals surface area contributed by atoms with Crippen LogP contribution in [-0.4, -0.2) is 47.9 Å². The first kappa shape index (κ1) is 14.8. The molecule has 1 amide bonds. The molecule has 1 N–H and O–H groups in total. The van der Waals surface area contributed by atoms with Gasteiger partial charge in [-0.1, -0.05) is 30.3 Å². The zero-order valence-corrected chi connectivity index (χ0v) is 12.2. The van der Waals surface area contributed by atoms with Crippen molar-refractivity contribution in [2.24, 2.45) is 5.41 Å². The van der Waals surface area contributed by atoms with Crippen molar-refractivity contribution in [3.05, 3.63) is 35.9 Å². The maximum atomic E-state index is 12.1. The first-order chi connectivity index (χ1) is 10.6. The summed E-state index contributed by atoms with van der Waals surface area (Å²) in [6, 6.07) is 8.53. The molecule has 1 aromatic carbocycles. The van der Waals surface area contributed by atoms with Crippen molar-refractivity contribution >= 4 is 12.1 Å². The predicted octanol–water partition coefficient (Wildman–Crippen LogP) is 1.89. The van der Waals surface area contributed by atoms with Crippen molar-refractivity contribution < 1.29 is 24.2 Å². The van der Waals surface area contributed by atoms with Gasteiger partial charge < -0.3 is 14.6 Å². The van der Waals surface area contributed by atoms with Crippen LogP contribution in [0.1, 0.15) is 18.4 Å². The lowest BCUT2D eigenvalue weighted by molar-refractivity contribution is -0.172. The highest BCUT2D eigenvalue weighted by molar-refractivity contribution is 5.83. The van der Waals surface area contributed by atoms with E-state index in [4.69, 9.17) is 9.47 Å². The van der Waals surface area contributed by atoms with Crippen molar-refractivity contribution in [2.45, 2.75) is 25.5 Å². The molecule has 0 radical (unpaired) electrons. The highest BCUT2D eigenvalue weighted by atomic mass is 16.6. The van der Waals surface area contributed by atoms with Gasteiger partial charge in [0.05, 0.1) is 0 Å². The molecule has 2 aliphatic heterocycles. The zero-order chi connectivity index (χ0) is 15.6. The summed E-state index contributed by atoms with van der Waals surface area (Å²) in [5.74, 6) is -0.968. The van der Waals surface area contributed by atoms with Gasteiger partial charge in [0.15, 0.2) is 0 Å². The van der Waals surface area contributed by atoms with E-state index in [1.54, 1.807) is 0 Å². The van der Waals surface area contributed by atoms with Crippen LogP contribution in [0.15, 0.2) is 30.3 Å². The summed E-state index contributed by atoms with van der Waals surface area (Å²) in [6.07, 6.45) is 0.784. The lowest BCUT2D eigenvalue weighted by Gasteiger charge is -2.56. The maximum absolute atomic E-state index is 12.1. The number of hydrogen-bond acceptors (Lipinski definition) is 4. The van der Waals surface area contributed by atoms with Crippen LogP contribution in [-0.2, 0) is 20.9 Å². The Balaban J connectivity index is 1.62. The summed E-state index contributed by atoms with van der Waals surface area (Å²) >= 11 is 0. The molecular weight excluding hydrogens is 286 g/mol. The second-order valence-electron chi connectivity index (χ2n) is 5.88. The summed E-state index contributed by atoms with van der Waals surface area (Å²) in [5.41, 5.74) is 0.527. The fourth-order valence-corrected chi connectivity index (χ4v) is 3.31. The topological polar surface area (TPSA) is 76.1 Å². The van der Waals surface area contributed by atoms with E-state index in [2.05, 4.69) is 0 Å². The summed E-state index contributed by atoms with van der Waals surface area (Å²) in [6.45, 7) is 1.69. The van der Waals surface area contributed by atoms with E-state index in [0.717, 1.165) is 5.56 Å². The zero-order valence-electron chi connectivity index (χ0n) is 12.2. The van der Waals surface area contributed by atoms with Crippen molar-refractivity contribution in [1.29, 1.82) is 0 Å². The highest BCUT2D eigenvalue weighted by Gasteiger charge is 2.59. The van der Waals surface area contributed by atoms with Gasteiger partial charge in [0.1, 0.15) is 12.6 Å². The summed E-state index contributed by atoms with van der Waals surface area (Å²) in [4.78, 5) is 25.0. The maximum Gasteiger partial charge on any atom is 0.410 e. The number of hydrogen-bond donors (Lipinski definition) is 1. The first-order valence-corrected chi connectivity index (χ1v) is 7.40. The van der Waals surface area contributed by atoms with Gasteiger partial charge in [-0.2, -0.15) is 0 Å². The van der Waals surface area contributed by atoms with Crippen LogP contribution in [0.2, 0.25) is 0 Å². The van der Waals surface area contributed by atoms with Crippen molar-refractivity contribution in [3.63, 3.8) is 0 Å². The number of rotatable bonds is 3. The molecule has 6 nitrogen and oxygen atoms in total. The number of carboxylic acids is 1. The molecule has 118 valence electrons. The molecule has 2 fully saturated rings. The van der Waals surface area contributed by atoms with E-state index < -0.39 is 18.1 Å². The Morgan fingerprint density at radius 2 is 1.95 bits per heavy atom. The average Bonchev–Trinajstić information content (AvgIpc) is 2.52. The Kier molecular flexibility index (Phi) is 4.02. The van der Waals surface area contributed by atoms with Gasteiger partial charge in [-0.3, -0.25) is 4.90 Å². The van der Waals surface area contributed by atoms with Crippen LogP contribution in [0, 0.1) is 5.41 Å². The number of ether oxygens (including phenoxy) is 2. The minimum Gasteiger partial charge on any atom is -0.480 e. The molecule has 6 heteroatoms. The average molecular weight is 305 g/mol. The van der Waals surface area contributed by atoms with Crippen molar-refractivity contribution in [2.75, 3.05) is 19.8 Å². The summed E-state index contributed by atoms with van der Waals surface area (Å²) < 4.78 is 10.5. The molecule has 0 aromatic heterocycles. The Morgan fingerprint density at radius 1 is 1.27 bits per heavy atom. The van der Waals surface area contributed by atoms with E-state index in [0.29, 0.717) is 32.6 Å². The van der Waals surface area contributed by atoms with E-state index in [9.17, 15) is 14.7 Å². The minimum absolute atomic E-state index is 0.151. The third-order valence-electron chi connectivity index (χ3n) is 4.54. The largest absolute Gasteiger partial charge is 0.480 e. The number of carboxylic acid groups (broad SMARTS) is 1. The third-order valence-corrected chi connectivity index (χ3v) is 4.54. The quantitative estimate of drug-likeness (QED) is 0.923. The van der Waals surface area contributed by atoms with Crippen LogP contribution >= 0.6 is 0 Å². The number of carbonyl (C=O) groups is 2. The van der Waals surface area contributed by atoms with Crippen LogP contribution in [0.4, 0.5) is 4.79 Å². The van der Waals surface area contributed by atoms with Gasteiger partial charge >= 0.3 is 12.1 Å². The van der Waals surface area contributed by atoms with Crippen LogP contribution < -0.4 is 0 Å². The van der Waals surface area contributed by atoms with Gasteiger partial charge in [0, 0.05) is 25.2 Å². The molecule has 2 heterocycles. The van der Waals surface area contributed by atoms with Gasteiger partial charge in [0.25, 0.3) is 0 Å². The normalized spacial score (nSPS) is 22.9. The first-order valence-electron chi connectivity index (χ1n) is 7.40. The summed E-state index contributed by atoms with van der Waals surface area (Å²) in [5, 5.41) is 9.47. The number of aliphatic carboxylic acids is 1. The standard InChI is InChI=1S/C16H19NO5/c18-14(19)13-16(6-8-21-9-7-16)11-17(13)15(20)22-10-12-4-2-1-3-5-12/h1-5,13H,6-11H2,(H,18,19). The molecular formula is C16H19NO5. The SMILES string of the molecule is O=C(O)C1N(C(=O)OCc2ccccc2)CC12CCOCC2. The van der Waals surface area contributed by atoms with Crippen LogP contribution in [0.5, 0.6) is 0 Å². The number of benzene rings is 1. The molecule has 2 aliphatic rings. The van der Waals surface area contributed by atoms with Gasteiger partial charge in [-0.25, -0.2) is 9.59 Å². The van der Waals surface area contributed by atoms with E-state index in [1.165, 1.54) is 4.90 Å². The van der Waals surface area contributed by atoms with Crippen LogP contribution in [0.3, 0.4) is 0 Å². The molecule has 2 saturated heterocycles. The fourth-order valence-electron chi connectivity index (χ4n) is 3.31. The van der Waals surface area contributed by atoms with Gasteiger partial charge in [-0.05, 0) is 18.4 Å². The smallest absolute Gasteiger partial charge is 0.410 e. The van der Waals surface area contributed by atoms with Crippen molar-refractivity contribution in [3.8, 4) is 0 Å². The molecule has 0 saturated carbocycles. The predicted molar refractivity (Wildman–Crippen MR) is 77.2 cm³/mol. The van der Waals surface area contributed by atoms with E-state index in [1.807, 2.05) is 30.3 Å². The fraction of sp³-hybridized carbons (Fsp3) is 0.500. The second kappa shape index (κ2) is 5.96. The molecule has 3 rings (SSSR count). The number of carbonyl (C=O) groups excluding carboxylic acids is 1. The minimum atomic E-state index is -0.968. The monoisotopic (exact) mass is 305 g/mol. The molecule has 1 atom stereocenters. The van der Waals surface area contributed by atoms with Gasteiger partial charge in [0.2, 0.25) is 0 Å². The number of likely N-dealkylation sites (tertiary alicyclic amines) is 1. The molecule has 22 heavy (non-hydrogen) atoms. The third kappa shape index (κ3) is 2.66. The summed E-state index contributed by atoms with van der Waals surface area (Å²) in [7, 11) is 0. The lowest BCUT2D eigenvalue weighted by Crippen LogP contribution is -2.70. The Morgan fingerprint density at radius 3 is 2.59 bits per heavy atom. The van der Waals surface area contributed by atoms with Crippen LogP contribution in [0.25, 0.3) is 0 Å². The van der Waals surface area contributed by atoms with E-state index in [-0.39, 0.29) is 12.0 Å². The molecule has 0 aliphatic carbocycles. The molecule has 0 bridgehead atoms. The molecule has 1 aromatic rings.